The predicted molar refractivity (Wildman–Crippen MR) is 63.2 cm³/mol. The van der Waals surface area contributed by atoms with Gasteiger partial charge < -0.3 is 0 Å². The largest absolute Gasteiger partial charge is 0.299 e. The third kappa shape index (κ3) is 2.18. The molecule has 2 heterocycles. The molecule has 0 bridgehead atoms. The number of halogens is 1. The summed E-state index contributed by atoms with van der Waals surface area (Å²) in [5, 5.41) is 9.22. The Hall–Kier alpha value is -1.11. The topological polar surface area (TPSA) is 39.9 Å². The normalized spacial score (nSPS) is 21.7. The molecule has 1 aromatic heterocycles. The summed E-state index contributed by atoms with van der Waals surface area (Å²) in [4.78, 5) is 6.39. The third-order valence-electron chi connectivity index (χ3n) is 3.14. The molecule has 1 saturated heterocycles. The van der Waals surface area contributed by atoms with E-state index in [0.29, 0.717) is 16.8 Å². The van der Waals surface area contributed by atoms with E-state index in [1.54, 1.807) is 6.20 Å². The molecular formula is C12H14ClN3. The summed E-state index contributed by atoms with van der Waals surface area (Å²) in [7, 11) is 2.12. The molecule has 0 spiro atoms. The van der Waals surface area contributed by atoms with Gasteiger partial charge in [0.25, 0.3) is 0 Å². The van der Waals surface area contributed by atoms with Crippen LogP contribution < -0.4 is 0 Å². The lowest BCUT2D eigenvalue weighted by Crippen LogP contribution is -2.29. The van der Waals surface area contributed by atoms with Crippen LogP contribution in [-0.2, 0) is 0 Å². The highest BCUT2D eigenvalue weighted by molar-refractivity contribution is 6.30. The molecule has 0 N–H and O–H groups in total. The zero-order valence-electron chi connectivity index (χ0n) is 9.28. The summed E-state index contributed by atoms with van der Waals surface area (Å²) in [5.41, 5.74) is 1.57. The summed E-state index contributed by atoms with van der Waals surface area (Å²) >= 11 is 5.82. The van der Waals surface area contributed by atoms with E-state index in [9.17, 15) is 0 Å². The van der Waals surface area contributed by atoms with Gasteiger partial charge in [-0.3, -0.25) is 4.90 Å². The van der Waals surface area contributed by atoms with Crippen molar-refractivity contribution < 1.29 is 0 Å². The number of nitrogens with zero attached hydrogens (tertiary/aromatic N) is 3. The zero-order chi connectivity index (χ0) is 11.5. The fourth-order valence-electron chi connectivity index (χ4n) is 2.22. The molecule has 4 heteroatoms. The van der Waals surface area contributed by atoms with Gasteiger partial charge in [0.15, 0.2) is 0 Å². The van der Waals surface area contributed by atoms with E-state index in [2.05, 4.69) is 23.0 Å². The zero-order valence-corrected chi connectivity index (χ0v) is 10.0. The fraction of sp³-hybridized carbons (Fsp3) is 0.500. The average Bonchev–Trinajstić information content (AvgIpc) is 2.31. The summed E-state index contributed by atoms with van der Waals surface area (Å²) in [6, 6.07) is 4.32. The van der Waals surface area contributed by atoms with Crippen molar-refractivity contribution in [3.8, 4) is 6.07 Å². The van der Waals surface area contributed by atoms with E-state index in [4.69, 9.17) is 16.9 Å². The molecule has 0 radical (unpaired) electrons. The minimum absolute atomic E-state index is 0.296. The first kappa shape index (κ1) is 11.4. The van der Waals surface area contributed by atoms with Crippen LogP contribution >= 0.6 is 11.6 Å². The number of aromatic nitrogens is 1. The van der Waals surface area contributed by atoms with Gasteiger partial charge in [-0.2, -0.15) is 5.26 Å². The quantitative estimate of drug-likeness (QED) is 0.703. The second-order valence-corrected chi connectivity index (χ2v) is 4.57. The molecule has 84 valence electrons. The molecule has 1 aliphatic rings. The highest BCUT2D eigenvalue weighted by Crippen LogP contribution is 2.30. The van der Waals surface area contributed by atoms with Crippen LogP contribution in [0.4, 0.5) is 0 Å². The minimum atomic E-state index is 0.296. The van der Waals surface area contributed by atoms with E-state index in [1.165, 1.54) is 12.8 Å². The fourth-order valence-corrected chi connectivity index (χ4v) is 2.37. The van der Waals surface area contributed by atoms with Crippen molar-refractivity contribution in [2.24, 2.45) is 0 Å². The van der Waals surface area contributed by atoms with Gasteiger partial charge in [-0.05, 0) is 38.1 Å². The van der Waals surface area contributed by atoms with Crippen LogP contribution in [0.2, 0.25) is 5.15 Å². The van der Waals surface area contributed by atoms with Crippen LogP contribution in [0.3, 0.4) is 0 Å². The van der Waals surface area contributed by atoms with Gasteiger partial charge in [0, 0.05) is 12.2 Å². The molecule has 2 rings (SSSR count). The Morgan fingerprint density at radius 3 is 3.06 bits per heavy atom. The first-order chi connectivity index (χ1) is 7.72. The van der Waals surface area contributed by atoms with Crippen molar-refractivity contribution in [2.75, 3.05) is 13.6 Å². The Kier molecular flexibility index (Phi) is 3.42. The average molecular weight is 236 g/mol. The summed E-state index contributed by atoms with van der Waals surface area (Å²) in [6.45, 7) is 1.11. The smallest absolute Gasteiger partial charge is 0.146 e. The van der Waals surface area contributed by atoms with Gasteiger partial charge in [-0.15, -0.1) is 0 Å². The monoisotopic (exact) mass is 235 g/mol. The van der Waals surface area contributed by atoms with Crippen LogP contribution in [0.25, 0.3) is 0 Å². The number of hydrogen-bond donors (Lipinski definition) is 0. The Morgan fingerprint density at radius 2 is 2.38 bits per heavy atom. The second kappa shape index (κ2) is 4.82. The van der Waals surface area contributed by atoms with Crippen LogP contribution in [0.15, 0.2) is 12.3 Å². The van der Waals surface area contributed by atoms with Crippen molar-refractivity contribution in [1.82, 2.24) is 9.88 Å². The maximum Gasteiger partial charge on any atom is 0.146 e. The SMILES string of the molecule is CN1CCCCC1c1cnc(Cl)c(C#N)c1. The van der Waals surface area contributed by atoms with Crippen molar-refractivity contribution in [3.05, 3.63) is 28.5 Å². The molecule has 3 nitrogen and oxygen atoms in total. The Bertz CT molecular complexity index is 425. The minimum Gasteiger partial charge on any atom is -0.299 e. The maximum atomic E-state index is 8.92. The molecule has 0 saturated carbocycles. The number of hydrogen-bond acceptors (Lipinski definition) is 3. The molecule has 0 aromatic carbocycles. The van der Waals surface area contributed by atoms with Crippen LogP contribution in [-0.4, -0.2) is 23.5 Å². The highest BCUT2D eigenvalue weighted by atomic mass is 35.5. The van der Waals surface area contributed by atoms with E-state index >= 15 is 0 Å². The van der Waals surface area contributed by atoms with Crippen LogP contribution in [0, 0.1) is 11.3 Å². The Labute approximate surface area is 101 Å². The van der Waals surface area contributed by atoms with Gasteiger partial charge in [-0.25, -0.2) is 4.98 Å². The van der Waals surface area contributed by atoms with E-state index in [1.807, 2.05) is 6.07 Å². The second-order valence-electron chi connectivity index (χ2n) is 4.21. The molecule has 0 amide bonds. The molecule has 1 atom stereocenters. The summed E-state index contributed by atoms with van der Waals surface area (Å²) in [6.07, 6.45) is 5.40. The lowest BCUT2D eigenvalue weighted by Gasteiger charge is -2.32. The van der Waals surface area contributed by atoms with Crippen molar-refractivity contribution in [1.29, 1.82) is 5.26 Å². The highest BCUT2D eigenvalue weighted by Gasteiger charge is 2.21. The van der Waals surface area contributed by atoms with Crippen molar-refractivity contribution in [2.45, 2.75) is 25.3 Å². The summed E-state index contributed by atoms with van der Waals surface area (Å²) in [5.74, 6) is 0. The lowest BCUT2D eigenvalue weighted by molar-refractivity contribution is 0.187. The van der Waals surface area contributed by atoms with Gasteiger partial charge in [0.2, 0.25) is 0 Å². The summed E-state index contributed by atoms with van der Waals surface area (Å²) < 4.78 is 0. The molecule has 1 fully saturated rings. The first-order valence-electron chi connectivity index (χ1n) is 5.48. The number of piperidine rings is 1. The molecule has 0 aliphatic carbocycles. The van der Waals surface area contributed by atoms with Crippen LogP contribution in [0.5, 0.6) is 0 Å². The van der Waals surface area contributed by atoms with Gasteiger partial charge in [-0.1, -0.05) is 18.0 Å². The van der Waals surface area contributed by atoms with E-state index in [-0.39, 0.29) is 0 Å². The van der Waals surface area contributed by atoms with Crippen molar-refractivity contribution >= 4 is 11.6 Å². The number of rotatable bonds is 1. The van der Waals surface area contributed by atoms with Gasteiger partial charge in [0.1, 0.15) is 11.2 Å². The van der Waals surface area contributed by atoms with Crippen LogP contribution in [0.1, 0.15) is 36.4 Å². The maximum absolute atomic E-state index is 8.92. The lowest BCUT2D eigenvalue weighted by atomic mass is 9.96. The van der Waals surface area contributed by atoms with E-state index in [0.717, 1.165) is 18.5 Å². The van der Waals surface area contributed by atoms with Gasteiger partial charge >= 0.3 is 0 Å². The predicted octanol–water partition coefficient (Wildman–Crippen LogP) is 2.76. The molecule has 1 aromatic rings. The molecular weight excluding hydrogens is 222 g/mol. The van der Waals surface area contributed by atoms with Gasteiger partial charge in [0.05, 0.1) is 5.56 Å². The number of pyridine rings is 1. The van der Waals surface area contributed by atoms with Crippen molar-refractivity contribution in [3.63, 3.8) is 0 Å². The molecule has 1 aliphatic heterocycles. The molecule has 1 unspecified atom stereocenters. The first-order valence-corrected chi connectivity index (χ1v) is 5.86. The number of likely N-dealkylation sites (tertiary alicyclic amines) is 1. The standard InChI is InChI=1S/C12H14ClN3/c1-16-5-3-2-4-11(16)10-6-9(7-14)12(13)15-8-10/h6,8,11H,2-5H2,1H3. The Morgan fingerprint density at radius 1 is 1.56 bits per heavy atom. The third-order valence-corrected chi connectivity index (χ3v) is 3.44. The Balaban J connectivity index is 2.29. The molecule has 16 heavy (non-hydrogen) atoms. The number of nitriles is 1. The van der Waals surface area contributed by atoms with E-state index < -0.39 is 0 Å².